The van der Waals surface area contributed by atoms with E-state index in [4.69, 9.17) is 18.9 Å². The summed E-state index contributed by atoms with van der Waals surface area (Å²) in [4.78, 5) is 43.2. The number of ether oxygens (including phenoxy) is 4. The van der Waals surface area contributed by atoms with Gasteiger partial charge in [0.2, 0.25) is 6.41 Å². The van der Waals surface area contributed by atoms with Gasteiger partial charge in [0.1, 0.15) is 6.54 Å². The molecule has 1 aliphatic heterocycles. The maximum Gasteiger partial charge on any atom is 0.326 e. The fourth-order valence-corrected chi connectivity index (χ4v) is 5.25. The van der Waals surface area contributed by atoms with Gasteiger partial charge in [-0.15, -0.1) is 0 Å². The van der Waals surface area contributed by atoms with Gasteiger partial charge in [0.25, 0.3) is 5.56 Å². The number of aromatic nitrogens is 2. The van der Waals surface area contributed by atoms with Crippen LogP contribution < -0.4 is 15.4 Å². The van der Waals surface area contributed by atoms with Crippen LogP contribution in [0, 0.1) is 0 Å². The van der Waals surface area contributed by atoms with Gasteiger partial charge in [0.15, 0.2) is 0 Å². The van der Waals surface area contributed by atoms with Gasteiger partial charge in [-0.25, -0.2) is 0 Å². The fraction of sp³-hybridized carbons (Fsp3) is 0.405. The maximum absolute atomic E-state index is 11.9. The number of amides is 1. The molecule has 11 nitrogen and oxygen atoms in total. The zero-order valence-corrected chi connectivity index (χ0v) is 27.7. The van der Waals surface area contributed by atoms with Gasteiger partial charge >= 0.3 is 5.97 Å². The van der Waals surface area contributed by atoms with E-state index in [2.05, 4.69) is 34.1 Å². The van der Waals surface area contributed by atoms with E-state index in [-0.39, 0.29) is 18.7 Å². The minimum Gasteiger partial charge on any atom is -0.465 e. The smallest absolute Gasteiger partial charge is 0.326 e. The van der Waals surface area contributed by atoms with Crippen molar-refractivity contribution in [2.75, 3.05) is 69.1 Å². The Morgan fingerprint density at radius 3 is 2.31 bits per heavy atom. The number of anilines is 2. The number of piperidine rings is 1. The molecule has 1 aliphatic rings. The van der Waals surface area contributed by atoms with E-state index in [9.17, 15) is 14.4 Å². The van der Waals surface area contributed by atoms with Crippen LogP contribution in [0.5, 0.6) is 0 Å². The number of pyridine rings is 2. The summed E-state index contributed by atoms with van der Waals surface area (Å²) in [5.74, 6) is -0.516. The van der Waals surface area contributed by atoms with E-state index in [0.29, 0.717) is 58.3 Å². The summed E-state index contributed by atoms with van der Waals surface area (Å²) >= 11 is 0. The number of esters is 1. The number of hydrogen-bond donors (Lipinski definition) is 0. The number of carbonyl (C=O) groups is 2. The third-order valence-electron chi connectivity index (χ3n) is 7.71. The first kappa shape index (κ1) is 36.3. The van der Waals surface area contributed by atoms with Crippen molar-refractivity contribution in [2.24, 2.45) is 0 Å². The number of fused-ring (bicyclic) bond motifs is 1. The monoisotopic (exact) mass is 658 g/mol. The van der Waals surface area contributed by atoms with Crippen molar-refractivity contribution in [2.45, 2.75) is 39.3 Å². The topological polar surface area (TPSA) is 112 Å². The predicted octanol–water partition coefficient (Wildman–Crippen LogP) is 4.85. The second kappa shape index (κ2) is 20.6. The molecule has 2 aromatic carbocycles. The first-order valence-electron chi connectivity index (χ1n) is 16.5. The van der Waals surface area contributed by atoms with E-state index in [1.165, 1.54) is 76.6 Å². The van der Waals surface area contributed by atoms with Gasteiger partial charge in [-0.3, -0.25) is 19.4 Å². The summed E-state index contributed by atoms with van der Waals surface area (Å²) in [5, 5.41) is 2.57. The van der Waals surface area contributed by atoms with Gasteiger partial charge in [0, 0.05) is 48.9 Å². The van der Waals surface area contributed by atoms with E-state index in [0.717, 1.165) is 5.56 Å². The molecule has 0 bridgehead atoms. The molecule has 0 saturated carbocycles. The van der Waals surface area contributed by atoms with Crippen LogP contribution in [0.2, 0.25) is 0 Å². The Morgan fingerprint density at radius 1 is 0.854 bits per heavy atom. The molecule has 0 unspecified atom stereocenters. The van der Waals surface area contributed by atoms with E-state index >= 15 is 0 Å². The molecule has 256 valence electrons. The van der Waals surface area contributed by atoms with Gasteiger partial charge in [-0.1, -0.05) is 54.6 Å². The van der Waals surface area contributed by atoms with E-state index < -0.39 is 5.97 Å². The Bertz CT molecular complexity index is 1590. The number of hydrogen-bond acceptors (Lipinski definition) is 9. The van der Waals surface area contributed by atoms with E-state index in [1.807, 2.05) is 42.7 Å². The van der Waals surface area contributed by atoms with Crippen LogP contribution in [0.25, 0.3) is 10.8 Å². The molecule has 1 fully saturated rings. The molecule has 0 spiro atoms. The average Bonchev–Trinajstić information content (AvgIpc) is 3.13. The van der Waals surface area contributed by atoms with Crippen LogP contribution in [-0.2, 0) is 41.7 Å². The molecule has 0 atom stereocenters. The largest absolute Gasteiger partial charge is 0.465 e. The highest BCUT2D eigenvalue weighted by molar-refractivity contribution is 5.93. The summed E-state index contributed by atoms with van der Waals surface area (Å²) in [7, 11) is 0. The molecule has 1 saturated heterocycles. The molecular weight excluding hydrogens is 612 g/mol. The van der Waals surface area contributed by atoms with Crippen molar-refractivity contribution >= 4 is 34.5 Å². The molecule has 0 N–H and O–H groups in total. The summed E-state index contributed by atoms with van der Waals surface area (Å²) in [6, 6.07) is 21.3. The Labute approximate surface area is 282 Å². The maximum atomic E-state index is 11.9. The first-order valence-corrected chi connectivity index (χ1v) is 16.5. The first-order chi connectivity index (χ1) is 23.6. The Kier molecular flexibility index (Phi) is 15.6. The molecule has 0 aliphatic carbocycles. The van der Waals surface area contributed by atoms with Crippen molar-refractivity contribution in [3.8, 4) is 0 Å². The lowest BCUT2D eigenvalue weighted by atomic mass is 10.1. The lowest BCUT2D eigenvalue weighted by Gasteiger charge is -2.29. The van der Waals surface area contributed by atoms with Crippen LogP contribution in [0.3, 0.4) is 0 Å². The summed E-state index contributed by atoms with van der Waals surface area (Å²) in [5.41, 5.74) is 2.55. The molecule has 1 amide bonds. The SMILES string of the molecule is CCOC(=O)Cn1cc(N(C=O)CCOCCOCCOCc2ccccc2)ccc1=O.c1ccc2c(N3CCCCC3)cncc2c1. The Hall–Kier alpha value is -4.58. The molecule has 5 rings (SSSR count). The van der Waals surface area contributed by atoms with Gasteiger partial charge in [0.05, 0.1) is 63.8 Å². The molecule has 2 aromatic heterocycles. The van der Waals surface area contributed by atoms with Crippen LogP contribution in [0.15, 0.2) is 90.1 Å². The van der Waals surface area contributed by atoms with Gasteiger partial charge < -0.3 is 33.3 Å². The van der Waals surface area contributed by atoms with Gasteiger partial charge in [-0.2, -0.15) is 0 Å². The van der Waals surface area contributed by atoms with Crippen LogP contribution in [0.4, 0.5) is 11.4 Å². The highest BCUT2D eigenvalue weighted by Gasteiger charge is 2.13. The fourth-order valence-electron chi connectivity index (χ4n) is 5.25. The van der Waals surface area contributed by atoms with Gasteiger partial charge in [-0.05, 0) is 37.8 Å². The predicted molar refractivity (Wildman–Crippen MR) is 186 cm³/mol. The third-order valence-corrected chi connectivity index (χ3v) is 7.71. The van der Waals surface area contributed by atoms with Crippen LogP contribution in [-0.4, -0.2) is 81.2 Å². The zero-order chi connectivity index (χ0) is 33.8. The second-order valence-electron chi connectivity index (χ2n) is 11.1. The van der Waals surface area contributed by atoms with Crippen LogP contribution in [0.1, 0.15) is 31.7 Å². The molecule has 11 heteroatoms. The zero-order valence-electron chi connectivity index (χ0n) is 27.7. The van der Waals surface area contributed by atoms with Crippen molar-refractivity contribution in [1.82, 2.24) is 9.55 Å². The minimum absolute atomic E-state index is 0.212. The highest BCUT2D eigenvalue weighted by Crippen LogP contribution is 2.27. The van der Waals surface area contributed by atoms with Crippen molar-refractivity contribution in [3.63, 3.8) is 0 Å². The average molecular weight is 659 g/mol. The van der Waals surface area contributed by atoms with Crippen LogP contribution >= 0.6 is 0 Å². The quantitative estimate of drug-likeness (QED) is 0.0893. The third kappa shape index (κ3) is 11.9. The molecule has 3 heterocycles. The molecule has 48 heavy (non-hydrogen) atoms. The second-order valence-corrected chi connectivity index (χ2v) is 11.1. The lowest BCUT2D eigenvalue weighted by Crippen LogP contribution is -2.30. The van der Waals surface area contributed by atoms with E-state index in [1.54, 1.807) is 6.92 Å². The summed E-state index contributed by atoms with van der Waals surface area (Å²) in [6.07, 6.45) is 10.0. The Morgan fingerprint density at radius 2 is 1.56 bits per heavy atom. The normalized spacial score (nSPS) is 12.6. The minimum atomic E-state index is -0.516. The summed E-state index contributed by atoms with van der Waals surface area (Å²) < 4.78 is 22.6. The Balaban J connectivity index is 0.000000268. The van der Waals surface area contributed by atoms with Crippen molar-refractivity contribution in [3.05, 3.63) is 101 Å². The number of carbonyl (C=O) groups excluding carboxylic acids is 2. The number of nitrogens with zero attached hydrogens (tertiary/aromatic N) is 4. The number of rotatable bonds is 17. The molecular formula is C37H46N4O7. The lowest BCUT2D eigenvalue weighted by molar-refractivity contribution is -0.143. The highest BCUT2D eigenvalue weighted by atomic mass is 16.5. The van der Waals surface area contributed by atoms with Crippen molar-refractivity contribution < 1.29 is 28.5 Å². The number of benzene rings is 2. The summed E-state index contributed by atoms with van der Waals surface area (Å²) in [6.45, 7) is 6.97. The molecule has 0 radical (unpaired) electrons. The van der Waals surface area contributed by atoms with Crippen molar-refractivity contribution in [1.29, 1.82) is 0 Å². The standard InChI is InChI=1S/C23H30N2O7.C14H16N2/c1-2-32-23(28)17-25-16-21(8-9-22(25)27)24(19-26)10-11-29-12-13-30-14-15-31-18-20-6-4-3-5-7-20;1-4-8-16(9-5-1)14-11-15-10-12-6-2-3-7-13(12)14/h3-9,16,19H,2,10-15,17-18H2,1H3;2-3,6-7,10-11H,1,4-5,8-9H2. The molecule has 4 aromatic rings.